The molecule has 3 rings (SSSR count). The lowest BCUT2D eigenvalue weighted by Gasteiger charge is -2.33. The number of nitrogens with zero attached hydrogens (tertiary/aromatic N) is 2. The highest BCUT2D eigenvalue weighted by Gasteiger charge is 2.28. The number of hydrogen-bond donors (Lipinski definition) is 2. The molecule has 0 aromatic heterocycles. The molecule has 0 spiro atoms. The van der Waals surface area contributed by atoms with E-state index in [0.29, 0.717) is 48.6 Å². The lowest BCUT2D eigenvalue weighted by molar-refractivity contribution is -0.121. The summed E-state index contributed by atoms with van der Waals surface area (Å²) in [6.45, 7) is 1.14. The summed E-state index contributed by atoms with van der Waals surface area (Å²) in [5, 5.41) is 5.73. The van der Waals surface area contributed by atoms with Crippen LogP contribution in [0.25, 0.3) is 0 Å². The van der Waals surface area contributed by atoms with Gasteiger partial charge in [-0.25, -0.2) is 4.79 Å². The molecule has 164 valence electrons. The fourth-order valence-electron chi connectivity index (χ4n) is 3.44. The van der Waals surface area contributed by atoms with Gasteiger partial charge in [-0.05, 0) is 61.4 Å². The predicted octanol–water partition coefficient (Wildman–Crippen LogP) is 3.28. The number of nitrogens with one attached hydrogen (secondary N) is 2. The van der Waals surface area contributed by atoms with Crippen molar-refractivity contribution >= 4 is 29.2 Å². The number of likely N-dealkylation sites (tertiary alicyclic amines) is 1. The van der Waals surface area contributed by atoms with Gasteiger partial charge in [0.25, 0.3) is 5.91 Å². The molecule has 2 aromatic rings. The number of carbonyl (C=O) groups is 3. The van der Waals surface area contributed by atoms with E-state index in [4.69, 9.17) is 4.74 Å². The van der Waals surface area contributed by atoms with Crippen LogP contribution in [0.3, 0.4) is 0 Å². The Morgan fingerprint density at radius 2 is 1.45 bits per heavy atom. The molecule has 2 aromatic carbocycles. The van der Waals surface area contributed by atoms with Gasteiger partial charge in [-0.15, -0.1) is 0 Å². The van der Waals surface area contributed by atoms with Crippen LogP contribution < -0.4 is 15.4 Å². The Morgan fingerprint density at radius 3 is 2.00 bits per heavy atom. The van der Waals surface area contributed by atoms with Crippen molar-refractivity contribution in [2.75, 3.05) is 44.9 Å². The van der Waals surface area contributed by atoms with E-state index in [2.05, 4.69) is 10.6 Å². The summed E-state index contributed by atoms with van der Waals surface area (Å²) in [5.41, 5.74) is 1.80. The Balaban J connectivity index is 1.51. The van der Waals surface area contributed by atoms with E-state index in [0.717, 1.165) is 0 Å². The SMILES string of the molecule is COc1ccc(NC(=O)c2ccc(NC(=O)C3CCN(C(=O)N(C)C)CC3)cc2)cc1. The number of rotatable bonds is 5. The average Bonchev–Trinajstić information content (AvgIpc) is 2.79. The summed E-state index contributed by atoms with van der Waals surface area (Å²) < 4.78 is 5.11. The van der Waals surface area contributed by atoms with Crippen LogP contribution in [0.4, 0.5) is 16.2 Å². The molecule has 31 heavy (non-hydrogen) atoms. The monoisotopic (exact) mass is 424 g/mol. The van der Waals surface area contributed by atoms with Crippen molar-refractivity contribution in [1.29, 1.82) is 0 Å². The first-order valence-corrected chi connectivity index (χ1v) is 10.2. The Morgan fingerprint density at radius 1 is 0.903 bits per heavy atom. The third-order valence-electron chi connectivity index (χ3n) is 5.28. The fraction of sp³-hybridized carbons (Fsp3) is 0.348. The number of benzene rings is 2. The van der Waals surface area contributed by atoms with Crippen molar-refractivity contribution in [1.82, 2.24) is 9.80 Å². The van der Waals surface area contributed by atoms with Crippen LogP contribution in [0.5, 0.6) is 5.75 Å². The zero-order chi connectivity index (χ0) is 22.4. The Bertz CT molecular complexity index is 918. The maximum atomic E-state index is 12.6. The minimum atomic E-state index is -0.235. The number of hydrogen-bond acceptors (Lipinski definition) is 4. The highest BCUT2D eigenvalue weighted by atomic mass is 16.5. The molecule has 0 unspecified atom stereocenters. The molecule has 0 saturated carbocycles. The fourth-order valence-corrected chi connectivity index (χ4v) is 3.44. The summed E-state index contributed by atoms with van der Waals surface area (Å²) in [7, 11) is 5.03. The molecule has 0 bridgehead atoms. The van der Waals surface area contributed by atoms with E-state index in [-0.39, 0.29) is 23.8 Å². The van der Waals surface area contributed by atoms with E-state index >= 15 is 0 Å². The van der Waals surface area contributed by atoms with Gasteiger partial charge in [0.2, 0.25) is 5.91 Å². The molecule has 1 aliphatic rings. The second kappa shape index (κ2) is 9.97. The zero-order valence-electron chi connectivity index (χ0n) is 18.1. The molecule has 0 atom stereocenters. The van der Waals surface area contributed by atoms with Crippen LogP contribution in [0.2, 0.25) is 0 Å². The third kappa shape index (κ3) is 5.75. The highest BCUT2D eigenvalue weighted by molar-refractivity contribution is 6.04. The Labute approximate surface area is 182 Å². The summed E-state index contributed by atoms with van der Waals surface area (Å²) >= 11 is 0. The molecule has 2 N–H and O–H groups in total. The van der Waals surface area contributed by atoms with Gasteiger partial charge in [0.15, 0.2) is 0 Å². The van der Waals surface area contributed by atoms with Gasteiger partial charge in [-0.3, -0.25) is 9.59 Å². The first-order valence-electron chi connectivity index (χ1n) is 10.2. The number of anilines is 2. The van der Waals surface area contributed by atoms with E-state index < -0.39 is 0 Å². The van der Waals surface area contributed by atoms with Crippen LogP contribution in [0.15, 0.2) is 48.5 Å². The van der Waals surface area contributed by atoms with Crippen molar-refractivity contribution < 1.29 is 19.1 Å². The molecule has 0 radical (unpaired) electrons. The number of ether oxygens (including phenoxy) is 1. The van der Waals surface area contributed by atoms with E-state index in [1.54, 1.807) is 79.5 Å². The lowest BCUT2D eigenvalue weighted by Crippen LogP contribution is -2.45. The standard InChI is InChI=1S/C23H28N4O4/c1-26(2)23(30)27-14-12-17(13-15-27)22(29)24-18-6-4-16(5-7-18)21(28)25-19-8-10-20(31-3)11-9-19/h4-11,17H,12-15H2,1-3H3,(H,24,29)(H,25,28). The summed E-state index contributed by atoms with van der Waals surface area (Å²) in [5.74, 6) is 0.283. The Hall–Kier alpha value is -3.55. The molecule has 1 aliphatic heterocycles. The zero-order valence-corrected chi connectivity index (χ0v) is 18.1. The smallest absolute Gasteiger partial charge is 0.319 e. The molecular weight excluding hydrogens is 396 g/mol. The molecule has 1 fully saturated rings. The first-order chi connectivity index (χ1) is 14.9. The van der Waals surface area contributed by atoms with Crippen LogP contribution in [-0.4, -0.2) is 61.9 Å². The van der Waals surface area contributed by atoms with Crippen molar-refractivity contribution in [3.05, 3.63) is 54.1 Å². The van der Waals surface area contributed by atoms with Crippen LogP contribution in [-0.2, 0) is 4.79 Å². The van der Waals surface area contributed by atoms with Gasteiger partial charge in [-0.1, -0.05) is 0 Å². The topological polar surface area (TPSA) is 91.0 Å². The van der Waals surface area contributed by atoms with E-state index in [1.165, 1.54) is 0 Å². The number of urea groups is 1. The molecule has 8 nitrogen and oxygen atoms in total. The van der Waals surface area contributed by atoms with Crippen LogP contribution in [0.1, 0.15) is 23.2 Å². The quantitative estimate of drug-likeness (QED) is 0.771. The summed E-state index contributed by atoms with van der Waals surface area (Å²) in [6, 6.07) is 13.8. The van der Waals surface area contributed by atoms with Crippen LogP contribution in [0, 0.1) is 5.92 Å². The number of piperidine rings is 1. The summed E-state index contributed by atoms with van der Waals surface area (Å²) in [4.78, 5) is 40.3. The molecule has 4 amide bonds. The number of carbonyl (C=O) groups excluding carboxylic acids is 3. The predicted molar refractivity (Wildman–Crippen MR) is 119 cm³/mol. The van der Waals surface area contributed by atoms with E-state index in [1.807, 2.05) is 0 Å². The van der Waals surface area contributed by atoms with Gasteiger partial charge in [0, 0.05) is 50.0 Å². The molecule has 8 heteroatoms. The Kier molecular flexibility index (Phi) is 7.12. The van der Waals surface area contributed by atoms with Gasteiger partial charge in [0.05, 0.1) is 7.11 Å². The average molecular weight is 425 g/mol. The molecular formula is C23H28N4O4. The van der Waals surface area contributed by atoms with Crippen molar-refractivity contribution in [2.45, 2.75) is 12.8 Å². The highest BCUT2D eigenvalue weighted by Crippen LogP contribution is 2.21. The maximum absolute atomic E-state index is 12.6. The van der Waals surface area contributed by atoms with E-state index in [9.17, 15) is 14.4 Å². The first kappa shape index (κ1) is 22.1. The van der Waals surface area contributed by atoms with Gasteiger partial charge in [0.1, 0.15) is 5.75 Å². The van der Waals surface area contributed by atoms with Crippen molar-refractivity contribution in [2.24, 2.45) is 5.92 Å². The molecule has 1 saturated heterocycles. The maximum Gasteiger partial charge on any atom is 0.319 e. The minimum Gasteiger partial charge on any atom is -0.497 e. The van der Waals surface area contributed by atoms with Crippen molar-refractivity contribution in [3.63, 3.8) is 0 Å². The summed E-state index contributed by atoms with van der Waals surface area (Å²) in [6.07, 6.45) is 1.27. The molecule has 1 heterocycles. The number of methoxy groups -OCH3 is 1. The third-order valence-corrected chi connectivity index (χ3v) is 5.28. The van der Waals surface area contributed by atoms with Gasteiger partial charge in [-0.2, -0.15) is 0 Å². The van der Waals surface area contributed by atoms with Crippen LogP contribution >= 0.6 is 0 Å². The normalized spacial score (nSPS) is 14.0. The minimum absolute atomic E-state index is 0.0256. The largest absolute Gasteiger partial charge is 0.497 e. The second-order valence-corrected chi connectivity index (χ2v) is 7.69. The number of amides is 4. The van der Waals surface area contributed by atoms with Gasteiger partial charge < -0.3 is 25.2 Å². The van der Waals surface area contributed by atoms with Crippen molar-refractivity contribution in [3.8, 4) is 5.75 Å². The second-order valence-electron chi connectivity index (χ2n) is 7.69. The lowest BCUT2D eigenvalue weighted by atomic mass is 9.96. The van der Waals surface area contributed by atoms with Gasteiger partial charge >= 0.3 is 6.03 Å². The molecule has 0 aliphatic carbocycles.